The van der Waals surface area contributed by atoms with E-state index in [0.29, 0.717) is 5.41 Å². The number of hydrogen-bond donors (Lipinski definition) is 1. The lowest BCUT2D eigenvalue weighted by Crippen LogP contribution is -2.07. The van der Waals surface area contributed by atoms with E-state index >= 15 is 0 Å². The molecule has 108 valence electrons. The number of benzene rings is 1. The second-order valence-corrected chi connectivity index (χ2v) is 7.24. The van der Waals surface area contributed by atoms with Crippen LogP contribution in [0.5, 0.6) is 0 Å². The maximum Gasteiger partial charge on any atom is 0.0340 e. The summed E-state index contributed by atoms with van der Waals surface area (Å²) in [6.45, 7) is 12.6. The molecule has 1 heteroatoms. The van der Waals surface area contributed by atoms with E-state index < -0.39 is 0 Å². The van der Waals surface area contributed by atoms with Crippen LogP contribution in [0.25, 0.3) is 0 Å². The van der Waals surface area contributed by atoms with Gasteiger partial charge in [0.25, 0.3) is 0 Å². The van der Waals surface area contributed by atoms with Crippen molar-refractivity contribution in [2.75, 3.05) is 11.9 Å². The lowest BCUT2D eigenvalue weighted by Gasteiger charge is -2.17. The molecule has 1 aromatic rings. The third-order valence-electron chi connectivity index (χ3n) is 3.28. The summed E-state index contributed by atoms with van der Waals surface area (Å²) < 4.78 is 0. The van der Waals surface area contributed by atoms with Crippen molar-refractivity contribution >= 4 is 5.69 Å². The molecule has 0 saturated heterocycles. The number of nitrogens with one attached hydrogen (secondary N) is 1. The fraction of sp³-hybridized carbons (Fsp3) is 0.667. The molecule has 1 N–H and O–H groups in total. The Bertz CT molecular complexity index is 343. The van der Waals surface area contributed by atoms with Crippen molar-refractivity contribution in [3.63, 3.8) is 0 Å². The second-order valence-electron chi connectivity index (χ2n) is 7.24. The molecule has 0 aliphatic heterocycles. The van der Waals surface area contributed by atoms with Gasteiger partial charge in [-0.05, 0) is 48.3 Å². The summed E-state index contributed by atoms with van der Waals surface area (Å²) in [5.41, 5.74) is 3.16. The standard InChI is InChI=1S/C18H31N/c1-15(2)14-16-8-10-17(11-9-16)19-13-7-6-12-18(3,4)5/h8-11,15,19H,6-7,12-14H2,1-5H3. The van der Waals surface area contributed by atoms with Gasteiger partial charge < -0.3 is 5.32 Å². The first-order valence-electron chi connectivity index (χ1n) is 7.69. The highest BCUT2D eigenvalue weighted by Gasteiger charge is 2.08. The highest BCUT2D eigenvalue weighted by atomic mass is 14.9. The van der Waals surface area contributed by atoms with E-state index in [0.717, 1.165) is 12.5 Å². The Kier molecular flexibility index (Phi) is 6.41. The minimum atomic E-state index is 0.471. The van der Waals surface area contributed by atoms with Crippen LogP contribution in [-0.2, 0) is 6.42 Å². The van der Waals surface area contributed by atoms with Crippen LogP contribution in [0.2, 0.25) is 0 Å². The molecule has 0 aliphatic rings. The smallest absolute Gasteiger partial charge is 0.0340 e. The third-order valence-corrected chi connectivity index (χ3v) is 3.28. The van der Waals surface area contributed by atoms with Crippen molar-refractivity contribution in [2.45, 2.75) is 60.3 Å². The lowest BCUT2D eigenvalue weighted by atomic mass is 9.90. The van der Waals surface area contributed by atoms with Gasteiger partial charge in [-0.1, -0.05) is 53.2 Å². The predicted octanol–water partition coefficient (Wildman–Crippen LogP) is 5.51. The Labute approximate surface area is 119 Å². The van der Waals surface area contributed by atoms with E-state index in [9.17, 15) is 0 Å². The van der Waals surface area contributed by atoms with Gasteiger partial charge in [0.2, 0.25) is 0 Å². The first kappa shape index (κ1) is 16.1. The lowest BCUT2D eigenvalue weighted by molar-refractivity contribution is 0.362. The molecular formula is C18H31N. The number of anilines is 1. The molecular weight excluding hydrogens is 230 g/mol. The highest BCUT2D eigenvalue weighted by molar-refractivity contribution is 5.44. The van der Waals surface area contributed by atoms with Crippen LogP contribution in [0, 0.1) is 11.3 Å². The SMILES string of the molecule is CC(C)Cc1ccc(NCCCCC(C)(C)C)cc1. The molecule has 0 radical (unpaired) electrons. The second kappa shape index (κ2) is 7.57. The van der Waals surface area contributed by atoms with Crippen LogP contribution in [-0.4, -0.2) is 6.54 Å². The van der Waals surface area contributed by atoms with Crippen LogP contribution in [0.15, 0.2) is 24.3 Å². The van der Waals surface area contributed by atoms with E-state index in [1.165, 1.54) is 36.9 Å². The van der Waals surface area contributed by atoms with Crippen LogP contribution < -0.4 is 5.32 Å². The molecule has 1 nitrogen and oxygen atoms in total. The normalized spacial score (nSPS) is 11.9. The molecule has 0 amide bonds. The molecule has 0 bridgehead atoms. The zero-order chi connectivity index (χ0) is 14.3. The summed E-state index contributed by atoms with van der Waals surface area (Å²) in [5.74, 6) is 0.733. The van der Waals surface area contributed by atoms with Crippen molar-refractivity contribution in [1.82, 2.24) is 0 Å². The Hall–Kier alpha value is -0.980. The molecule has 0 aliphatic carbocycles. The average molecular weight is 261 g/mol. The minimum absolute atomic E-state index is 0.471. The van der Waals surface area contributed by atoms with Gasteiger partial charge in [0.15, 0.2) is 0 Å². The quantitative estimate of drug-likeness (QED) is 0.638. The zero-order valence-electron chi connectivity index (χ0n) is 13.4. The number of unbranched alkanes of at least 4 members (excludes halogenated alkanes) is 1. The molecule has 0 unspecified atom stereocenters. The van der Waals surface area contributed by atoms with Crippen molar-refractivity contribution in [3.8, 4) is 0 Å². The molecule has 0 spiro atoms. The van der Waals surface area contributed by atoms with E-state index in [4.69, 9.17) is 0 Å². The minimum Gasteiger partial charge on any atom is -0.385 e. The monoisotopic (exact) mass is 261 g/mol. The maximum absolute atomic E-state index is 3.51. The Morgan fingerprint density at radius 2 is 1.63 bits per heavy atom. The first-order chi connectivity index (χ1) is 8.87. The van der Waals surface area contributed by atoms with Gasteiger partial charge >= 0.3 is 0 Å². The largest absolute Gasteiger partial charge is 0.385 e. The summed E-state index contributed by atoms with van der Waals surface area (Å²) in [6.07, 6.45) is 5.04. The van der Waals surface area contributed by atoms with Gasteiger partial charge in [-0.25, -0.2) is 0 Å². The van der Waals surface area contributed by atoms with Gasteiger partial charge in [0.05, 0.1) is 0 Å². The molecule has 1 aromatic carbocycles. The van der Waals surface area contributed by atoms with Crippen molar-refractivity contribution < 1.29 is 0 Å². The average Bonchev–Trinajstić information content (AvgIpc) is 2.28. The molecule has 0 aromatic heterocycles. The van der Waals surface area contributed by atoms with E-state index in [1.54, 1.807) is 0 Å². The van der Waals surface area contributed by atoms with Gasteiger partial charge in [0.1, 0.15) is 0 Å². The van der Waals surface area contributed by atoms with Gasteiger partial charge in [0, 0.05) is 12.2 Å². The van der Waals surface area contributed by atoms with E-state index in [1.807, 2.05) is 0 Å². The topological polar surface area (TPSA) is 12.0 Å². The van der Waals surface area contributed by atoms with Crippen LogP contribution >= 0.6 is 0 Å². The van der Waals surface area contributed by atoms with Gasteiger partial charge in [-0.2, -0.15) is 0 Å². The first-order valence-corrected chi connectivity index (χ1v) is 7.69. The fourth-order valence-corrected chi connectivity index (χ4v) is 2.24. The zero-order valence-corrected chi connectivity index (χ0v) is 13.4. The Morgan fingerprint density at radius 3 is 2.16 bits per heavy atom. The number of hydrogen-bond acceptors (Lipinski definition) is 1. The number of rotatable bonds is 7. The van der Waals surface area contributed by atoms with Gasteiger partial charge in [-0.3, -0.25) is 0 Å². The molecule has 0 saturated carbocycles. The van der Waals surface area contributed by atoms with Crippen molar-refractivity contribution in [1.29, 1.82) is 0 Å². The summed E-state index contributed by atoms with van der Waals surface area (Å²) in [5, 5.41) is 3.51. The van der Waals surface area contributed by atoms with E-state index in [2.05, 4.69) is 64.2 Å². The maximum atomic E-state index is 3.51. The van der Waals surface area contributed by atoms with Crippen LogP contribution in [0.4, 0.5) is 5.69 Å². The van der Waals surface area contributed by atoms with Crippen LogP contribution in [0.3, 0.4) is 0 Å². The fourth-order valence-electron chi connectivity index (χ4n) is 2.24. The molecule has 0 atom stereocenters. The van der Waals surface area contributed by atoms with Crippen molar-refractivity contribution in [2.24, 2.45) is 11.3 Å². The molecule has 0 heterocycles. The summed E-state index contributed by atoms with van der Waals surface area (Å²) in [6, 6.07) is 8.91. The van der Waals surface area contributed by atoms with E-state index in [-0.39, 0.29) is 0 Å². The molecule has 1 rings (SSSR count). The third kappa shape index (κ3) is 7.92. The Balaban J connectivity index is 2.23. The van der Waals surface area contributed by atoms with Crippen LogP contribution in [0.1, 0.15) is 59.4 Å². The molecule has 19 heavy (non-hydrogen) atoms. The summed E-state index contributed by atoms with van der Waals surface area (Å²) in [4.78, 5) is 0. The van der Waals surface area contributed by atoms with Crippen molar-refractivity contribution in [3.05, 3.63) is 29.8 Å². The Morgan fingerprint density at radius 1 is 1.00 bits per heavy atom. The predicted molar refractivity (Wildman–Crippen MR) is 86.8 cm³/mol. The highest BCUT2D eigenvalue weighted by Crippen LogP contribution is 2.21. The summed E-state index contributed by atoms with van der Waals surface area (Å²) >= 11 is 0. The molecule has 0 fully saturated rings. The van der Waals surface area contributed by atoms with Gasteiger partial charge in [-0.15, -0.1) is 0 Å². The summed E-state index contributed by atoms with van der Waals surface area (Å²) in [7, 11) is 0.